The van der Waals surface area contributed by atoms with Gasteiger partial charge in [-0.05, 0) is 39.6 Å². The van der Waals surface area contributed by atoms with Crippen molar-refractivity contribution in [2.75, 3.05) is 0 Å². The molecular formula is C13H9N5OS. The van der Waals surface area contributed by atoms with Crippen LogP contribution in [0, 0.1) is 11.3 Å². The number of benzene rings is 1. The summed E-state index contributed by atoms with van der Waals surface area (Å²) in [5.74, 6) is 0. The number of aromatic nitrogens is 4. The van der Waals surface area contributed by atoms with E-state index in [2.05, 4.69) is 16.5 Å². The molecular weight excluding hydrogens is 274 g/mol. The fraction of sp³-hybridized carbons (Fsp3) is 0.0769. The van der Waals surface area contributed by atoms with Gasteiger partial charge in [0.25, 0.3) is 0 Å². The Morgan fingerprint density at radius 2 is 2.05 bits per heavy atom. The first-order valence-electron chi connectivity index (χ1n) is 5.84. The molecule has 0 aliphatic carbocycles. The Kier molecular flexibility index (Phi) is 3.15. The lowest BCUT2D eigenvalue weighted by atomic mass is 10.1. The van der Waals surface area contributed by atoms with Gasteiger partial charge in [-0.2, -0.15) is 14.6 Å². The van der Waals surface area contributed by atoms with Crippen molar-refractivity contribution < 1.29 is 0 Å². The van der Waals surface area contributed by atoms with Gasteiger partial charge in [0.15, 0.2) is 0 Å². The third kappa shape index (κ3) is 2.13. The lowest BCUT2D eigenvalue weighted by molar-refractivity contribution is 0.631. The normalized spacial score (nSPS) is 10.3. The summed E-state index contributed by atoms with van der Waals surface area (Å²) < 4.78 is 2.50. The highest BCUT2D eigenvalue weighted by molar-refractivity contribution is 7.12. The van der Waals surface area contributed by atoms with E-state index in [9.17, 15) is 4.79 Å². The molecule has 1 aromatic carbocycles. The Morgan fingerprint density at radius 3 is 2.80 bits per heavy atom. The van der Waals surface area contributed by atoms with E-state index in [0.717, 1.165) is 10.6 Å². The Balaban J connectivity index is 1.97. The summed E-state index contributed by atoms with van der Waals surface area (Å²) >= 11 is 1.41. The van der Waals surface area contributed by atoms with Gasteiger partial charge in [-0.1, -0.05) is 18.2 Å². The van der Waals surface area contributed by atoms with Crippen LogP contribution in [0.1, 0.15) is 11.1 Å². The Hall–Kier alpha value is -2.72. The zero-order chi connectivity index (χ0) is 13.9. The molecule has 0 saturated carbocycles. The molecule has 0 spiro atoms. The second kappa shape index (κ2) is 5.11. The van der Waals surface area contributed by atoms with Crippen LogP contribution >= 0.6 is 11.3 Å². The van der Waals surface area contributed by atoms with Gasteiger partial charge in [-0.25, -0.2) is 4.79 Å². The Labute approximate surface area is 118 Å². The van der Waals surface area contributed by atoms with Gasteiger partial charge in [0.2, 0.25) is 0 Å². The first-order chi connectivity index (χ1) is 9.79. The Bertz CT molecular complexity index is 825. The van der Waals surface area contributed by atoms with Crippen molar-refractivity contribution in [3.63, 3.8) is 0 Å². The average molecular weight is 283 g/mol. The molecule has 3 rings (SSSR count). The first kappa shape index (κ1) is 12.3. The SMILES string of the molecule is N#Cc1ccccc1Cn1nnn(-c2cccs2)c1=O. The van der Waals surface area contributed by atoms with E-state index in [4.69, 9.17) is 5.26 Å². The van der Waals surface area contributed by atoms with E-state index < -0.39 is 0 Å². The van der Waals surface area contributed by atoms with Gasteiger partial charge in [0, 0.05) is 0 Å². The molecule has 3 aromatic rings. The van der Waals surface area contributed by atoms with Crippen LogP contribution < -0.4 is 5.69 Å². The molecule has 0 saturated heterocycles. The van der Waals surface area contributed by atoms with Crippen LogP contribution in [0.5, 0.6) is 0 Å². The summed E-state index contributed by atoms with van der Waals surface area (Å²) in [7, 11) is 0. The lowest BCUT2D eigenvalue weighted by Gasteiger charge is -2.01. The number of nitriles is 1. The molecule has 0 atom stereocenters. The van der Waals surface area contributed by atoms with Crippen molar-refractivity contribution >= 4 is 11.3 Å². The topological polar surface area (TPSA) is 76.5 Å². The van der Waals surface area contributed by atoms with Crippen LogP contribution in [-0.2, 0) is 6.54 Å². The molecule has 0 aliphatic rings. The predicted molar refractivity (Wildman–Crippen MR) is 73.8 cm³/mol. The molecule has 2 heterocycles. The molecule has 0 amide bonds. The fourth-order valence-electron chi connectivity index (χ4n) is 1.83. The van der Waals surface area contributed by atoms with E-state index in [-0.39, 0.29) is 12.2 Å². The van der Waals surface area contributed by atoms with Crippen LogP contribution in [0.2, 0.25) is 0 Å². The summed E-state index contributed by atoms with van der Waals surface area (Å²) in [6.45, 7) is 0.230. The van der Waals surface area contributed by atoms with Crippen molar-refractivity contribution in [1.29, 1.82) is 5.26 Å². The van der Waals surface area contributed by atoms with E-state index in [1.165, 1.54) is 20.7 Å². The van der Waals surface area contributed by atoms with Gasteiger partial charge >= 0.3 is 5.69 Å². The highest BCUT2D eigenvalue weighted by Crippen LogP contribution is 2.11. The van der Waals surface area contributed by atoms with Crippen LogP contribution in [0.4, 0.5) is 0 Å². The van der Waals surface area contributed by atoms with Gasteiger partial charge in [0.05, 0.1) is 18.2 Å². The summed E-state index contributed by atoms with van der Waals surface area (Å²) in [5, 5.41) is 19.3. The quantitative estimate of drug-likeness (QED) is 0.728. The van der Waals surface area contributed by atoms with Crippen LogP contribution in [0.3, 0.4) is 0 Å². The minimum atomic E-state index is -0.319. The summed E-state index contributed by atoms with van der Waals surface area (Å²) in [4.78, 5) is 12.2. The van der Waals surface area contributed by atoms with Crippen molar-refractivity contribution in [3.8, 4) is 11.1 Å². The van der Waals surface area contributed by atoms with E-state index >= 15 is 0 Å². The van der Waals surface area contributed by atoms with E-state index in [0.29, 0.717) is 5.56 Å². The number of thiophene rings is 1. The number of hydrogen-bond acceptors (Lipinski definition) is 5. The zero-order valence-corrected chi connectivity index (χ0v) is 11.1. The molecule has 0 unspecified atom stereocenters. The predicted octanol–water partition coefficient (Wildman–Crippen LogP) is 1.41. The maximum Gasteiger partial charge on any atom is 0.369 e. The van der Waals surface area contributed by atoms with Crippen molar-refractivity contribution in [1.82, 2.24) is 19.8 Å². The second-order valence-electron chi connectivity index (χ2n) is 4.05. The summed E-state index contributed by atoms with van der Waals surface area (Å²) in [6, 6.07) is 12.9. The standard InChI is InChI=1S/C13H9N5OS/c14-8-10-4-1-2-5-11(10)9-17-13(19)18(16-15-17)12-6-3-7-20-12/h1-7H,9H2. The third-order valence-electron chi connectivity index (χ3n) is 2.81. The first-order valence-corrected chi connectivity index (χ1v) is 6.72. The number of rotatable bonds is 3. The van der Waals surface area contributed by atoms with Crippen molar-refractivity contribution in [2.45, 2.75) is 6.54 Å². The zero-order valence-electron chi connectivity index (χ0n) is 10.3. The molecule has 2 aromatic heterocycles. The lowest BCUT2D eigenvalue weighted by Crippen LogP contribution is -2.24. The van der Waals surface area contributed by atoms with Crippen LogP contribution in [0.25, 0.3) is 5.00 Å². The molecule has 7 heteroatoms. The molecule has 0 radical (unpaired) electrons. The van der Waals surface area contributed by atoms with Crippen LogP contribution in [-0.4, -0.2) is 19.8 Å². The van der Waals surface area contributed by atoms with E-state index in [1.807, 2.05) is 17.5 Å². The summed E-state index contributed by atoms with van der Waals surface area (Å²) in [6.07, 6.45) is 0. The molecule has 0 fully saturated rings. The maximum atomic E-state index is 12.2. The smallest absolute Gasteiger partial charge is 0.244 e. The van der Waals surface area contributed by atoms with Crippen molar-refractivity contribution in [3.05, 3.63) is 63.4 Å². The van der Waals surface area contributed by atoms with Crippen LogP contribution in [0.15, 0.2) is 46.6 Å². The third-order valence-corrected chi connectivity index (χ3v) is 3.66. The molecule has 6 nitrogen and oxygen atoms in total. The minimum absolute atomic E-state index is 0.230. The summed E-state index contributed by atoms with van der Waals surface area (Å²) in [5.41, 5.74) is 0.959. The number of hydrogen-bond donors (Lipinski definition) is 0. The Morgan fingerprint density at radius 1 is 1.20 bits per heavy atom. The molecule has 0 bridgehead atoms. The van der Waals surface area contributed by atoms with Crippen molar-refractivity contribution in [2.24, 2.45) is 0 Å². The highest BCUT2D eigenvalue weighted by atomic mass is 32.1. The average Bonchev–Trinajstić information content (AvgIpc) is 3.10. The van der Waals surface area contributed by atoms with E-state index in [1.54, 1.807) is 24.3 Å². The number of tetrazole rings is 1. The largest absolute Gasteiger partial charge is 0.369 e. The monoisotopic (exact) mass is 283 g/mol. The van der Waals surface area contributed by atoms with Gasteiger partial charge < -0.3 is 0 Å². The second-order valence-corrected chi connectivity index (χ2v) is 4.98. The molecule has 0 aliphatic heterocycles. The van der Waals surface area contributed by atoms with Gasteiger partial charge in [0.1, 0.15) is 5.00 Å². The maximum absolute atomic E-state index is 12.2. The minimum Gasteiger partial charge on any atom is -0.244 e. The molecule has 0 N–H and O–H groups in total. The molecule has 20 heavy (non-hydrogen) atoms. The van der Waals surface area contributed by atoms with Gasteiger partial charge in [-0.15, -0.1) is 11.3 Å². The number of nitrogens with zero attached hydrogens (tertiary/aromatic N) is 5. The fourth-order valence-corrected chi connectivity index (χ4v) is 2.50. The van der Waals surface area contributed by atoms with Gasteiger partial charge in [-0.3, -0.25) is 0 Å². The highest BCUT2D eigenvalue weighted by Gasteiger charge is 2.11. The molecule has 98 valence electrons.